The van der Waals surface area contributed by atoms with Crippen LogP contribution >= 0.6 is 15.9 Å². The minimum Gasteiger partial charge on any atom is -0.206 e. The van der Waals surface area contributed by atoms with Gasteiger partial charge in [-0.15, -0.1) is 0 Å². The van der Waals surface area contributed by atoms with Crippen molar-refractivity contribution in [2.75, 3.05) is 0 Å². The monoisotopic (exact) mass is 336 g/mol. The first-order chi connectivity index (χ1) is 8.79. The Hall–Kier alpha value is -1.43. The maximum Gasteiger partial charge on any atom is 0.416 e. The summed E-state index contributed by atoms with van der Waals surface area (Å²) in [7, 11) is 0. The van der Waals surface area contributed by atoms with E-state index in [1.807, 2.05) is 0 Å². The predicted molar refractivity (Wildman–Crippen MR) is 64.5 cm³/mol. The molecule has 0 nitrogen and oxygen atoms in total. The fourth-order valence-corrected chi connectivity index (χ4v) is 1.95. The molecule has 0 N–H and O–H groups in total. The van der Waals surface area contributed by atoms with Gasteiger partial charge in [0.2, 0.25) is 0 Å². The molecule has 0 aromatic heterocycles. The number of hydrogen-bond donors (Lipinski definition) is 0. The number of halogens is 6. The van der Waals surface area contributed by atoms with Crippen LogP contribution in [0.4, 0.5) is 22.0 Å². The van der Waals surface area contributed by atoms with E-state index in [2.05, 4.69) is 15.9 Å². The molecule has 0 atom stereocenters. The van der Waals surface area contributed by atoms with Crippen LogP contribution in [0.15, 0.2) is 40.9 Å². The van der Waals surface area contributed by atoms with E-state index in [-0.39, 0.29) is 5.56 Å². The van der Waals surface area contributed by atoms with E-state index >= 15 is 0 Å². The molecular weight excluding hydrogens is 331 g/mol. The lowest BCUT2D eigenvalue weighted by molar-refractivity contribution is -0.137. The van der Waals surface area contributed by atoms with Crippen LogP contribution in [-0.2, 0) is 6.18 Å². The van der Waals surface area contributed by atoms with Crippen molar-refractivity contribution in [1.29, 1.82) is 0 Å². The second-order valence-corrected chi connectivity index (χ2v) is 4.73. The van der Waals surface area contributed by atoms with Crippen molar-refractivity contribution in [3.05, 3.63) is 58.1 Å². The standard InChI is InChI=1S/C13H6BrF5/c14-8-2-3-9(12(16)6-8)10-5-7(13(17,18)19)1-4-11(10)15/h1-6H. The maximum absolute atomic E-state index is 13.7. The molecule has 0 saturated heterocycles. The van der Waals surface area contributed by atoms with Crippen LogP contribution in [-0.4, -0.2) is 0 Å². The lowest BCUT2D eigenvalue weighted by Crippen LogP contribution is -2.05. The molecule has 0 spiro atoms. The van der Waals surface area contributed by atoms with Crippen molar-refractivity contribution >= 4 is 15.9 Å². The first-order valence-electron chi connectivity index (χ1n) is 5.11. The Morgan fingerprint density at radius 1 is 0.789 bits per heavy atom. The largest absolute Gasteiger partial charge is 0.416 e. The summed E-state index contributed by atoms with van der Waals surface area (Å²) in [6, 6.07) is 5.61. The molecule has 0 fully saturated rings. The number of benzene rings is 2. The Bertz CT molecular complexity index is 619. The average Bonchev–Trinajstić information content (AvgIpc) is 2.29. The van der Waals surface area contributed by atoms with Gasteiger partial charge in [0.05, 0.1) is 5.56 Å². The first kappa shape index (κ1) is 14.0. The van der Waals surface area contributed by atoms with Gasteiger partial charge >= 0.3 is 6.18 Å². The molecular formula is C13H6BrF5. The smallest absolute Gasteiger partial charge is 0.206 e. The summed E-state index contributed by atoms with van der Waals surface area (Å²) in [6.45, 7) is 0. The highest BCUT2D eigenvalue weighted by molar-refractivity contribution is 9.10. The van der Waals surface area contributed by atoms with Crippen molar-refractivity contribution in [3.63, 3.8) is 0 Å². The van der Waals surface area contributed by atoms with Gasteiger partial charge in [-0.25, -0.2) is 8.78 Å². The lowest BCUT2D eigenvalue weighted by atomic mass is 10.0. The summed E-state index contributed by atoms with van der Waals surface area (Å²) in [4.78, 5) is 0. The van der Waals surface area contributed by atoms with Crippen LogP contribution in [0.25, 0.3) is 11.1 Å². The van der Waals surface area contributed by atoms with Gasteiger partial charge in [0.1, 0.15) is 11.6 Å². The molecule has 0 saturated carbocycles. The van der Waals surface area contributed by atoms with Crippen LogP contribution in [0.5, 0.6) is 0 Å². The van der Waals surface area contributed by atoms with Crippen LogP contribution in [0.2, 0.25) is 0 Å². The number of alkyl halides is 3. The van der Waals surface area contributed by atoms with E-state index in [9.17, 15) is 22.0 Å². The minimum absolute atomic E-state index is 0.216. The van der Waals surface area contributed by atoms with Crippen LogP contribution in [0, 0.1) is 11.6 Å². The van der Waals surface area contributed by atoms with E-state index in [0.717, 1.165) is 6.07 Å². The highest BCUT2D eigenvalue weighted by Crippen LogP contribution is 2.34. The Balaban J connectivity index is 2.61. The lowest BCUT2D eigenvalue weighted by Gasteiger charge is -2.10. The highest BCUT2D eigenvalue weighted by Gasteiger charge is 2.31. The molecule has 0 heterocycles. The maximum atomic E-state index is 13.7. The van der Waals surface area contributed by atoms with Crippen molar-refractivity contribution in [2.45, 2.75) is 6.18 Å². The fraction of sp³-hybridized carbons (Fsp3) is 0.0769. The molecule has 6 heteroatoms. The van der Waals surface area contributed by atoms with Crippen LogP contribution < -0.4 is 0 Å². The van der Waals surface area contributed by atoms with Gasteiger partial charge in [0, 0.05) is 15.6 Å². The quantitative estimate of drug-likeness (QED) is 0.610. The second kappa shape index (κ2) is 4.92. The normalized spacial score (nSPS) is 11.7. The predicted octanol–water partition coefficient (Wildman–Crippen LogP) is 5.41. The zero-order valence-corrected chi connectivity index (χ0v) is 10.8. The van der Waals surface area contributed by atoms with E-state index < -0.39 is 28.9 Å². The Morgan fingerprint density at radius 2 is 1.47 bits per heavy atom. The molecule has 0 aliphatic rings. The molecule has 0 amide bonds. The third-order valence-corrected chi connectivity index (χ3v) is 3.01. The molecule has 19 heavy (non-hydrogen) atoms. The molecule has 0 unspecified atom stereocenters. The van der Waals surface area contributed by atoms with Gasteiger partial charge in [0.15, 0.2) is 0 Å². The summed E-state index contributed by atoms with van der Waals surface area (Å²) >= 11 is 3.02. The van der Waals surface area contributed by atoms with Crippen molar-refractivity contribution < 1.29 is 22.0 Å². The highest BCUT2D eigenvalue weighted by atomic mass is 79.9. The van der Waals surface area contributed by atoms with Gasteiger partial charge in [-0.2, -0.15) is 13.2 Å². The van der Waals surface area contributed by atoms with Gasteiger partial charge in [-0.05, 0) is 30.3 Å². The third-order valence-electron chi connectivity index (χ3n) is 2.51. The second-order valence-electron chi connectivity index (χ2n) is 3.82. The average molecular weight is 337 g/mol. The Kier molecular flexibility index (Phi) is 3.62. The third kappa shape index (κ3) is 2.94. The molecule has 100 valence electrons. The van der Waals surface area contributed by atoms with Gasteiger partial charge in [-0.1, -0.05) is 22.0 Å². The summed E-state index contributed by atoms with van der Waals surface area (Å²) in [5, 5.41) is 0. The fourth-order valence-electron chi connectivity index (χ4n) is 1.62. The van der Waals surface area contributed by atoms with Gasteiger partial charge in [-0.3, -0.25) is 0 Å². The Morgan fingerprint density at radius 3 is 2.05 bits per heavy atom. The summed E-state index contributed by atoms with van der Waals surface area (Å²) in [5.41, 5.74) is -1.65. The first-order valence-corrected chi connectivity index (χ1v) is 5.90. The molecule has 0 aliphatic carbocycles. The summed E-state index contributed by atoms with van der Waals surface area (Å²) in [6.07, 6.45) is -4.60. The summed E-state index contributed by atoms with van der Waals surface area (Å²) < 4.78 is 65.3. The van der Waals surface area contributed by atoms with E-state index in [1.54, 1.807) is 0 Å². The molecule has 2 rings (SSSR count). The van der Waals surface area contributed by atoms with E-state index in [4.69, 9.17) is 0 Å². The van der Waals surface area contributed by atoms with Crippen molar-refractivity contribution in [3.8, 4) is 11.1 Å². The SMILES string of the molecule is Fc1cc(Br)ccc1-c1cc(C(F)(F)F)ccc1F. The van der Waals surface area contributed by atoms with E-state index in [1.165, 1.54) is 12.1 Å². The number of hydrogen-bond acceptors (Lipinski definition) is 0. The molecule has 2 aromatic rings. The summed E-state index contributed by atoms with van der Waals surface area (Å²) in [5.74, 6) is -1.71. The molecule has 0 bridgehead atoms. The number of rotatable bonds is 1. The van der Waals surface area contributed by atoms with E-state index in [0.29, 0.717) is 22.7 Å². The zero-order chi connectivity index (χ0) is 14.2. The van der Waals surface area contributed by atoms with Crippen molar-refractivity contribution in [2.24, 2.45) is 0 Å². The van der Waals surface area contributed by atoms with Gasteiger partial charge in [0.25, 0.3) is 0 Å². The molecule has 0 radical (unpaired) electrons. The van der Waals surface area contributed by atoms with Crippen molar-refractivity contribution in [1.82, 2.24) is 0 Å². The molecule has 2 aromatic carbocycles. The zero-order valence-electron chi connectivity index (χ0n) is 9.23. The topological polar surface area (TPSA) is 0 Å². The van der Waals surface area contributed by atoms with Gasteiger partial charge < -0.3 is 0 Å². The Labute approximate surface area is 114 Å². The van der Waals surface area contributed by atoms with Crippen LogP contribution in [0.3, 0.4) is 0 Å². The minimum atomic E-state index is -4.60. The van der Waals surface area contributed by atoms with Crippen LogP contribution in [0.1, 0.15) is 5.56 Å². The molecule has 0 aliphatic heterocycles.